The Morgan fingerprint density at radius 1 is 1.19 bits per heavy atom. The van der Waals surface area contributed by atoms with Crippen LogP contribution >= 0.6 is 0 Å². The topological polar surface area (TPSA) is 123 Å². The number of nitrogens with zero attached hydrogens (tertiary/aromatic N) is 3. The van der Waals surface area contributed by atoms with Crippen molar-refractivity contribution in [3.63, 3.8) is 0 Å². The third-order valence-corrected chi connectivity index (χ3v) is 7.36. The summed E-state index contributed by atoms with van der Waals surface area (Å²) in [6, 6.07) is 9.82. The van der Waals surface area contributed by atoms with Gasteiger partial charge in [-0.1, -0.05) is 12.1 Å². The monoisotopic (exact) mass is 517 g/mol. The van der Waals surface area contributed by atoms with Crippen molar-refractivity contribution in [3.8, 4) is 17.4 Å². The first-order valence-corrected chi connectivity index (χ1v) is 12.5. The van der Waals surface area contributed by atoms with E-state index in [2.05, 4.69) is 14.9 Å². The van der Waals surface area contributed by atoms with Gasteiger partial charge in [0.05, 0.1) is 17.8 Å². The maximum absolute atomic E-state index is 15.2. The molecule has 2 N–H and O–H groups in total. The van der Waals surface area contributed by atoms with Gasteiger partial charge >= 0.3 is 6.09 Å². The molecule has 2 heterocycles. The number of hydrogen-bond acceptors (Lipinski definition) is 7. The van der Waals surface area contributed by atoms with Crippen LogP contribution in [0.5, 0.6) is 17.4 Å². The van der Waals surface area contributed by atoms with Gasteiger partial charge < -0.3 is 9.47 Å². The first-order chi connectivity index (χ1) is 17.2. The van der Waals surface area contributed by atoms with Gasteiger partial charge in [0.15, 0.2) is 17.4 Å². The van der Waals surface area contributed by atoms with Crippen LogP contribution in [-0.2, 0) is 22.3 Å². The number of ether oxygens (including phenoxy) is 2. The highest BCUT2D eigenvalue weighted by Crippen LogP contribution is 2.54. The minimum atomic E-state index is -3.95. The molecule has 1 fully saturated rings. The molecule has 0 unspecified atom stereocenters. The average molecular weight is 518 g/mol. The lowest BCUT2D eigenvalue weighted by molar-refractivity contribution is 0.000814. The van der Waals surface area contributed by atoms with Crippen LogP contribution in [0.15, 0.2) is 48.7 Å². The minimum absolute atomic E-state index is 0.0704. The van der Waals surface area contributed by atoms with Crippen LogP contribution in [0.3, 0.4) is 0 Å². The normalized spacial score (nSPS) is 16.2. The largest absolute Gasteiger partial charge is 0.434 e. The highest BCUT2D eigenvalue weighted by Gasteiger charge is 2.52. The fourth-order valence-electron chi connectivity index (χ4n) is 4.40. The van der Waals surface area contributed by atoms with E-state index in [0.717, 1.165) is 6.42 Å². The molecule has 2 aromatic carbocycles. The van der Waals surface area contributed by atoms with E-state index in [0.29, 0.717) is 18.4 Å². The summed E-state index contributed by atoms with van der Waals surface area (Å²) < 4.78 is 69.0. The van der Waals surface area contributed by atoms with Crippen LogP contribution in [0.2, 0.25) is 0 Å². The summed E-state index contributed by atoms with van der Waals surface area (Å²) in [7, 11) is -2.76. The Labute approximate surface area is 205 Å². The second kappa shape index (κ2) is 8.99. The van der Waals surface area contributed by atoms with Crippen molar-refractivity contribution >= 4 is 22.0 Å². The van der Waals surface area contributed by atoms with Gasteiger partial charge in [0, 0.05) is 36.5 Å². The van der Waals surface area contributed by atoms with Crippen LogP contribution < -0.4 is 18.9 Å². The van der Waals surface area contributed by atoms with Gasteiger partial charge in [-0.2, -0.15) is 13.5 Å². The molecule has 10 nitrogen and oxygen atoms in total. The second-order valence-corrected chi connectivity index (χ2v) is 9.99. The molecule has 1 amide bonds. The number of amides is 1. The lowest BCUT2D eigenvalue weighted by atomic mass is 9.69. The van der Waals surface area contributed by atoms with Crippen LogP contribution in [0.1, 0.15) is 30.4 Å². The van der Waals surface area contributed by atoms with E-state index in [4.69, 9.17) is 9.47 Å². The van der Waals surface area contributed by atoms with E-state index in [1.165, 1.54) is 54.5 Å². The number of fused-ring (bicyclic) bond motifs is 2. The molecule has 13 heteroatoms. The number of rotatable bonds is 7. The minimum Gasteiger partial charge on any atom is -0.434 e. The summed E-state index contributed by atoms with van der Waals surface area (Å²) in [6.45, 7) is -0.210. The first kappa shape index (κ1) is 23.9. The fraction of sp³-hybridized carbons (Fsp3) is 0.261. The Morgan fingerprint density at radius 2 is 2.00 bits per heavy atom. The standard InChI is InChI=1S/C23H21F2N5O5S/c1-26-36(32,33)29-17-6-2-5-14(21(17)25)13-30-22(31)35-18-12-19(34-20-7-3-10-27-28-20)16(24)11-15(18)23(30)8-4-9-23/h2-3,5-7,10-12,26,29H,4,8-9,13H2,1H3. The molecule has 3 aromatic rings. The van der Waals surface area contributed by atoms with Crippen LogP contribution in [0.4, 0.5) is 19.3 Å². The van der Waals surface area contributed by atoms with Gasteiger partial charge in [0.1, 0.15) is 5.75 Å². The van der Waals surface area contributed by atoms with Gasteiger partial charge in [-0.15, -0.1) is 5.10 Å². The van der Waals surface area contributed by atoms with Gasteiger partial charge in [-0.25, -0.2) is 18.3 Å². The van der Waals surface area contributed by atoms with E-state index in [-0.39, 0.29) is 35.2 Å². The third-order valence-electron chi connectivity index (χ3n) is 6.33. The summed E-state index contributed by atoms with van der Waals surface area (Å²) >= 11 is 0. The molecule has 1 saturated carbocycles. The molecule has 1 aliphatic carbocycles. The number of halogens is 2. The number of benzene rings is 2. The quantitative estimate of drug-likeness (QED) is 0.489. The number of hydrogen-bond donors (Lipinski definition) is 2. The van der Waals surface area contributed by atoms with Crippen molar-refractivity contribution in [1.82, 2.24) is 19.8 Å². The molecule has 1 aliphatic heterocycles. The number of aromatic nitrogens is 2. The number of anilines is 1. The molecule has 2 aliphatic rings. The highest BCUT2D eigenvalue weighted by molar-refractivity contribution is 7.90. The van der Waals surface area contributed by atoms with Gasteiger partial charge in [0.2, 0.25) is 5.88 Å². The van der Waals surface area contributed by atoms with E-state index in [1.807, 2.05) is 4.72 Å². The zero-order valence-electron chi connectivity index (χ0n) is 19.0. The third kappa shape index (κ3) is 4.20. The maximum Gasteiger partial charge on any atom is 0.416 e. The molecule has 0 atom stereocenters. The maximum atomic E-state index is 15.2. The average Bonchev–Trinajstić information content (AvgIpc) is 2.82. The summed E-state index contributed by atoms with van der Waals surface area (Å²) in [5.41, 5.74) is -0.651. The first-order valence-electron chi connectivity index (χ1n) is 11.0. The summed E-state index contributed by atoms with van der Waals surface area (Å²) in [5, 5.41) is 7.44. The van der Waals surface area contributed by atoms with E-state index >= 15 is 8.78 Å². The molecular weight excluding hydrogens is 496 g/mol. The Kier molecular flexibility index (Phi) is 5.96. The molecule has 5 rings (SSSR count). The zero-order chi connectivity index (χ0) is 25.5. The zero-order valence-corrected chi connectivity index (χ0v) is 19.8. The van der Waals surface area contributed by atoms with Gasteiger partial charge in [-0.05, 0) is 37.5 Å². The van der Waals surface area contributed by atoms with Crippen molar-refractivity contribution in [2.45, 2.75) is 31.3 Å². The molecule has 1 spiro atoms. The lowest BCUT2D eigenvalue weighted by Gasteiger charge is -2.52. The molecular formula is C23H21F2N5O5S. The smallest absolute Gasteiger partial charge is 0.416 e. The van der Waals surface area contributed by atoms with Crippen LogP contribution in [0, 0.1) is 11.6 Å². The number of carbonyl (C=O) groups excluding carboxylic acids is 1. The summed E-state index contributed by atoms with van der Waals surface area (Å²) in [5.74, 6) is -1.47. The molecule has 0 bridgehead atoms. The number of nitrogens with one attached hydrogen (secondary N) is 2. The molecule has 0 radical (unpaired) electrons. The molecule has 1 aromatic heterocycles. The van der Waals surface area contributed by atoms with Gasteiger partial charge in [-0.3, -0.25) is 9.62 Å². The Hall–Kier alpha value is -3.84. The summed E-state index contributed by atoms with van der Waals surface area (Å²) in [4.78, 5) is 14.5. The van der Waals surface area contributed by atoms with E-state index < -0.39 is 33.5 Å². The van der Waals surface area contributed by atoms with Crippen LogP contribution in [0.25, 0.3) is 0 Å². The van der Waals surface area contributed by atoms with Gasteiger partial charge in [0.25, 0.3) is 10.2 Å². The summed E-state index contributed by atoms with van der Waals surface area (Å²) in [6.07, 6.45) is 2.52. The predicted octanol–water partition coefficient (Wildman–Crippen LogP) is 3.82. The van der Waals surface area contributed by atoms with Crippen molar-refractivity contribution in [1.29, 1.82) is 0 Å². The Morgan fingerprint density at radius 3 is 2.67 bits per heavy atom. The molecule has 36 heavy (non-hydrogen) atoms. The predicted molar refractivity (Wildman–Crippen MR) is 124 cm³/mol. The van der Waals surface area contributed by atoms with E-state index in [1.54, 1.807) is 6.07 Å². The SMILES string of the molecule is CNS(=O)(=O)Nc1cccc(CN2C(=O)Oc3cc(Oc4cccnn4)c(F)cc3C23CCC3)c1F. The second-order valence-electron chi connectivity index (χ2n) is 8.37. The van der Waals surface area contributed by atoms with E-state index in [9.17, 15) is 13.2 Å². The van der Waals surface area contributed by atoms with Crippen molar-refractivity contribution < 1.29 is 31.5 Å². The lowest BCUT2D eigenvalue weighted by Crippen LogP contribution is -2.57. The number of carbonyl (C=O) groups is 1. The van der Waals surface area contributed by atoms with Crippen LogP contribution in [-0.4, -0.2) is 36.7 Å². The fourth-order valence-corrected chi connectivity index (χ4v) is 4.95. The Bertz CT molecular complexity index is 1430. The Balaban J connectivity index is 1.48. The van der Waals surface area contributed by atoms with Crippen molar-refractivity contribution in [3.05, 3.63) is 71.4 Å². The van der Waals surface area contributed by atoms with Crippen molar-refractivity contribution in [2.24, 2.45) is 0 Å². The molecule has 0 saturated heterocycles. The highest BCUT2D eigenvalue weighted by atomic mass is 32.2. The van der Waals surface area contributed by atoms with Crippen molar-refractivity contribution in [2.75, 3.05) is 11.8 Å². The molecule has 188 valence electrons.